The number of aromatic hydroxyl groups is 1. The highest BCUT2D eigenvalue weighted by atomic mass is 32.2. The van der Waals surface area contributed by atoms with Crippen LogP contribution in [0, 0.1) is 0 Å². The third kappa shape index (κ3) is 4.50. The molecule has 0 saturated carbocycles. The van der Waals surface area contributed by atoms with Crippen LogP contribution >= 0.6 is 0 Å². The summed E-state index contributed by atoms with van der Waals surface area (Å²) in [4.78, 5) is -0.950. The number of hydrogen-bond acceptors (Lipinski definition) is 9. The number of allylic oxidation sites excluding steroid dienone is 1. The Morgan fingerprint density at radius 3 is 2.11 bits per heavy atom. The van der Waals surface area contributed by atoms with E-state index in [2.05, 4.69) is 10.2 Å². The summed E-state index contributed by atoms with van der Waals surface area (Å²) < 4.78 is 99.3. The molecular formula is C21H15N3O10S3. The van der Waals surface area contributed by atoms with Crippen molar-refractivity contribution in [1.29, 1.82) is 0 Å². The van der Waals surface area contributed by atoms with Crippen LogP contribution < -0.4 is 0 Å². The number of phenols is 1. The largest absolute Gasteiger partial charge is 0.507 e. The fraction of sp³-hybridized carbons (Fsp3) is 0.0476. The van der Waals surface area contributed by atoms with Gasteiger partial charge < -0.3 is 5.11 Å². The molecule has 192 valence electrons. The Morgan fingerprint density at radius 1 is 0.784 bits per heavy atom. The quantitative estimate of drug-likeness (QED) is 0.262. The van der Waals surface area contributed by atoms with Crippen LogP contribution in [0.4, 0.5) is 0 Å². The summed E-state index contributed by atoms with van der Waals surface area (Å²) in [6.45, 7) is 0. The molecule has 3 aromatic carbocycles. The summed E-state index contributed by atoms with van der Waals surface area (Å²) in [5.41, 5.74) is 0.522. The van der Waals surface area contributed by atoms with E-state index in [1.165, 1.54) is 30.4 Å². The molecule has 5 rings (SSSR count). The molecule has 1 aliphatic rings. The van der Waals surface area contributed by atoms with Gasteiger partial charge in [-0.05, 0) is 41.8 Å². The first-order chi connectivity index (χ1) is 17.1. The van der Waals surface area contributed by atoms with Crippen LogP contribution in [-0.2, 0) is 36.8 Å². The van der Waals surface area contributed by atoms with E-state index in [-0.39, 0.29) is 39.7 Å². The molecular weight excluding hydrogens is 550 g/mol. The third-order valence-corrected chi connectivity index (χ3v) is 8.20. The zero-order valence-corrected chi connectivity index (χ0v) is 20.7. The van der Waals surface area contributed by atoms with Crippen molar-refractivity contribution in [3.63, 3.8) is 0 Å². The summed E-state index contributed by atoms with van der Waals surface area (Å²) in [6.07, 6.45) is 3.02. The predicted octanol–water partition coefficient (Wildman–Crippen LogP) is 2.10. The van der Waals surface area contributed by atoms with E-state index in [0.29, 0.717) is 11.8 Å². The Morgan fingerprint density at radius 2 is 1.46 bits per heavy atom. The van der Waals surface area contributed by atoms with E-state index >= 15 is 0 Å². The minimum Gasteiger partial charge on any atom is -0.507 e. The minimum atomic E-state index is -4.91. The highest BCUT2D eigenvalue weighted by molar-refractivity contribution is 7.86. The van der Waals surface area contributed by atoms with E-state index in [4.69, 9.17) is 0 Å². The fourth-order valence-electron chi connectivity index (χ4n) is 4.00. The Bertz CT molecular complexity index is 1990. The van der Waals surface area contributed by atoms with Crippen molar-refractivity contribution in [3.8, 4) is 22.7 Å². The summed E-state index contributed by atoms with van der Waals surface area (Å²) in [6, 6.07) is 8.06. The molecule has 0 unspecified atom stereocenters. The van der Waals surface area contributed by atoms with Crippen molar-refractivity contribution in [2.24, 2.45) is 0 Å². The Labute approximate surface area is 209 Å². The van der Waals surface area contributed by atoms with Crippen LogP contribution in [0.1, 0.15) is 11.3 Å². The van der Waals surface area contributed by atoms with Crippen molar-refractivity contribution in [2.75, 3.05) is 0 Å². The molecule has 0 bridgehead atoms. The second kappa shape index (κ2) is 8.17. The first kappa shape index (κ1) is 25.0. The van der Waals surface area contributed by atoms with Gasteiger partial charge in [0.15, 0.2) is 0 Å². The summed E-state index contributed by atoms with van der Waals surface area (Å²) in [7, 11) is -14.4. The van der Waals surface area contributed by atoms with E-state index in [0.717, 1.165) is 23.0 Å². The van der Waals surface area contributed by atoms with Crippen LogP contribution in [0.15, 0.2) is 63.2 Å². The first-order valence-electron chi connectivity index (χ1n) is 10.1. The molecule has 13 nitrogen and oxygen atoms in total. The molecule has 0 atom stereocenters. The maximum absolute atomic E-state index is 12.0. The molecule has 0 spiro atoms. The van der Waals surface area contributed by atoms with Gasteiger partial charge in [-0.2, -0.15) is 35.1 Å². The number of hydrogen-bond donors (Lipinski definition) is 4. The van der Waals surface area contributed by atoms with Gasteiger partial charge in [-0.3, -0.25) is 13.7 Å². The molecule has 37 heavy (non-hydrogen) atoms. The smallest absolute Gasteiger partial charge is 0.295 e. The van der Waals surface area contributed by atoms with Crippen molar-refractivity contribution < 1.29 is 44.0 Å². The van der Waals surface area contributed by atoms with Crippen molar-refractivity contribution >= 4 is 47.2 Å². The Hall–Kier alpha value is -3.67. The molecule has 4 N–H and O–H groups in total. The highest BCUT2D eigenvalue weighted by Crippen LogP contribution is 2.36. The van der Waals surface area contributed by atoms with Gasteiger partial charge in [0, 0.05) is 29.0 Å². The first-order valence-corrected chi connectivity index (χ1v) is 14.5. The van der Waals surface area contributed by atoms with Gasteiger partial charge in [0.05, 0.1) is 21.2 Å². The Balaban J connectivity index is 1.74. The number of fused-ring (bicyclic) bond motifs is 4. The van der Waals surface area contributed by atoms with Crippen LogP contribution in [0.5, 0.6) is 5.75 Å². The fourth-order valence-corrected chi connectivity index (χ4v) is 5.88. The zero-order valence-electron chi connectivity index (χ0n) is 18.2. The van der Waals surface area contributed by atoms with Gasteiger partial charge in [0.1, 0.15) is 16.3 Å². The van der Waals surface area contributed by atoms with Crippen LogP contribution in [0.2, 0.25) is 0 Å². The standard InChI is InChI=1S/C21H15N3O10S3/c25-19-9-13(35(26,27)28)7-11-6-12(4-5-15(11)19)24-22-18-3-1-2-16-17(21(18)23-24)8-14(36(29,30)31)10-20(16)37(32,33)34/h1-2,4-10,25H,3H2,(H,26,27,28)(H,29,30,31)(H,32,33,34). The lowest BCUT2D eigenvalue weighted by Crippen LogP contribution is -2.07. The number of benzene rings is 3. The van der Waals surface area contributed by atoms with Crippen molar-refractivity contribution in [2.45, 2.75) is 21.1 Å². The number of aromatic nitrogens is 3. The SMILES string of the molecule is O=S(=O)(O)c1cc2c(c(S(=O)(=O)O)c1)C=CCc1nn(-c3ccc4c(O)cc(S(=O)(=O)O)cc4c3)nc1-2. The lowest BCUT2D eigenvalue weighted by molar-refractivity contribution is 0.470. The molecule has 4 aromatic rings. The summed E-state index contributed by atoms with van der Waals surface area (Å²) in [5, 5.41) is 19.4. The average Bonchev–Trinajstić information content (AvgIpc) is 3.13. The molecule has 0 aliphatic heterocycles. The third-order valence-electron chi connectivity index (χ3n) is 5.64. The second-order valence-corrected chi connectivity index (χ2v) is 12.3. The number of rotatable bonds is 4. The zero-order chi connectivity index (χ0) is 26.9. The maximum Gasteiger partial charge on any atom is 0.295 e. The predicted molar refractivity (Wildman–Crippen MR) is 128 cm³/mol. The van der Waals surface area contributed by atoms with Crippen molar-refractivity contribution in [1.82, 2.24) is 15.0 Å². The van der Waals surface area contributed by atoms with Crippen molar-refractivity contribution in [3.05, 3.63) is 59.8 Å². The maximum atomic E-state index is 12.0. The molecule has 0 saturated heterocycles. The van der Waals surface area contributed by atoms with E-state index in [1.54, 1.807) is 0 Å². The van der Waals surface area contributed by atoms with Gasteiger partial charge in [0.2, 0.25) is 0 Å². The lowest BCUT2D eigenvalue weighted by Gasteiger charge is -2.10. The molecule has 0 fully saturated rings. The number of phenolic OH excluding ortho intramolecular Hbond substituents is 1. The minimum absolute atomic E-state index is 0.0372. The van der Waals surface area contributed by atoms with E-state index < -0.39 is 50.8 Å². The van der Waals surface area contributed by atoms with Crippen LogP contribution in [0.25, 0.3) is 33.8 Å². The molecule has 0 radical (unpaired) electrons. The topological polar surface area (TPSA) is 214 Å². The monoisotopic (exact) mass is 565 g/mol. The van der Waals surface area contributed by atoms with E-state index in [1.807, 2.05) is 0 Å². The van der Waals surface area contributed by atoms with Gasteiger partial charge in [-0.15, -0.1) is 5.10 Å². The molecule has 1 heterocycles. The molecule has 0 amide bonds. The lowest BCUT2D eigenvalue weighted by atomic mass is 10.0. The highest BCUT2D eigenvalue weighted by Gasteiger charge is 2.28. The van der Waals surface area contributed by atoms with E-state index in [9.17, 15) is 44.0 Å². The van der Waals surface area contributed by atoms with Gasteiger partial charge in [0.25, 0.3) is 30.4 Å². The number of nitrogens with zero attached hydrogens (tertiary/aromatic N) is 3. The normalized spacial score (nSPS) is 13.8. The molecule has 1 aliphatic carbocycles. The van der Waals surface area contributed by atoms with Gasteiger partial charge in [-0.1, -0.05) is 12.2 Å². The van der Waals surface area contributed by atoms with Crippen LogP contribution in [-0.4, -0.2) is 59.0 Å². The van der Waals surface area contributed by atoms with Gasteiger partial charge in [-0.25, -0.2) is 0 Å². The van der Waals surface area contributed by atoms with Gasteiger partial charge >= 0.3 is 0 Å². The van der Waals surface area contributed by atoms with Crippen LogP contribution in [0.3, 0.4) is 0 Å². The summed E-state index contributed by atoms with van der Waals surface area (Å²) in [5.74, 6) is -0.393. The molecule has 1 aromatic heterocycles. The summed E-state index contributed by atoms with van der Waals surface area (Å²) >= 11 is 0. The molecule has 16 heteroatoms. The second-order valence-electron chi connectivity index (χ2n) is 8.05. The average molecular weight is 566 g/mol. The Kier molecular flexibility index (Phi) is 5.52.